The van der Waals surface area contributed by atoms with Crippen molar-refractivity contribution in [2.45, 2.75) is 44.8 Å². The minimum absolute atomic E-state index is 0.218. The van der Waals surface area contributed by atoms with Gasteiger partial charge in [0.2, 0.25) is 5.88 Å². The van der Waals surface area contributed by atoms with E-state index in [-0.39, 0.29) is 12.6 Å². The van der Waals surface area contributed by atoms with E-state index in [1.54, 1.807) is 18.3 Å². The number of urea groups is 1. The summed E-state index contributed by atoms with van der Waals surface area (Å²) in [7, 11) is 0. The lowest BCUT2D eigenvalue weighted by molar-refractivity contribution is 0.146. The van der Waals surface area contributed by atoms with Crippen LogP contribution in [0.3, 0.4) is 0 Å². The summed E-state index contributed by atoms with van der Waals surface area (Å²) < 4.78 is 29.6. The average Bonchev–Trinajstić information content (AvgIpc) is 2.96. The van der Waals surface area contributed by atoms with Crippen LogP contribution < -0.4 is 15.4 Å². The molecule has 21 heavy (non-hydrogen) atoms. The molecule has 1 aromatic rings. The van der Waals surface area contributed by atoms with Gasteiger partial charge >= 0.3 is 6.03 Å². The Labute approximate surface area is 122 Å². The van der Waals surface area contributed by atoms with Gasteiger partial charge < -0.3 is 15.4 Å². The fourth-order valence-corrected chi connectivity index (χ4v) is 2.22. The maximum Gasteiger partial charge on any atom is 0.315 e. The molecule has 1 fully saturated rings. The lowest BCUT2D eigenvalue weighted by Gasteiger charge is -2.13. The number of rotatable bonds is 6. The molecule has 2 N–H and O–H groups in total. The Morgan fingerprint density at radius 2 is 2.14 bits per heavy atom. The molecule has 0 spiro atoms. The van der Waals surface area contributed by atoms with Gasteiger partial charge in [0.1, 0.15) is 6.10 Å². The summed E-state index contributed by atoms with van der Waals surface area (Å²) in [5, 5.41) is 4.59. The van der Waals surface area contributed by atoms with Gasteiger partial charge in [0.15, 0.2) is 0 Å². The zero-order valence-electron chi connectivity index (χ0n) is 11.6. The standard InChI is InChI=1S/C14H19F2N3O2/c15-12(16)9-19-14(20)18-8-10-5-6-17-13(7-10)21-11-3-1-2-4-11/h5-7,11-12H,1-4,8-9H2,(H2,18,19,20). The number of carbonyl (C=O) groups excluding carboxylic acids is 1. The van der Waals surface area contributed by atoms with Crippen molar-refractivity contribution >= 4 is 6.03 Å². The second-order valence-corrected chi connectivity index (χ2v) is 4.98. The van der Waals surface area contributed by atoms with E-state index in [1.165, 1.54) is 12.8 Å². The van der Waals surface area contributed by atoms with Crippen LogP contribution in [-0.4, -0.2) is 30.1 Å². The number of halogens is 2. The molecule has 0 atom stereocenters. The van der Waals surface area contributed by atoms with Crippen LogP contribution >= 0.6 is 0 Å². The number of nitrogens with one attached hydrogen (secondary N) is 2. The number of ether oxygens (including phenoxy) is 1. The highest BCUT2D eigenvalue weighted by Gasteiger charge is 2.17. The number of hydrogen-bond acceptors (Lipinski definition) is 3. The molecule has 1 aliphatic rings. The van der Waals surface area contributed by atoms with Gasteiger partial charge in [0.25, 0.3) is 6.43 Å². The summed E-state index contributed by atoms with van der Waals surface area (Å²) in [5.41, 5.74) is 0.810. The number of nitrogens with zero attached hydrogens (tertiary/aromatic N) is 1. The molecule has 7 heteroatoms. The molecule has 1 aliphatic carbocycles. The van der Waals surface area contributed by atoms with Gasteiger partial charge in [-0.15, -0.1) is 0 Å². The summed E-state index contributed by atoms with van der Waals surface area (Å²) in [6.45, 7) is -0.420. The third kappa shape index (κ3) is 5.53. The molecule has 0 radical (unpaired) electrons. The number of alkyl halides is 2. The first-order valence-corrected chi connectivity index (χ1v) is 7.05. The van der Waals surface area contributed by atoms with E-state index in [1.807, 2.05) is 0 Å². The molecule has 0 aromatic carbocycles. The van der Waals surface area contributed by atoms with E-state index in [0.717, 1.165) is 18.4 Å². The first kappa shape index (κ1) is 15.5. The summed E-state index contributed by atoms with van der Waals surface area (Å²) in [6, 6.07) is 2.88. The van der Waals surface area contributed by atoms with Crippen LogP contribution in [0.4, 0.5) is 13.6 Å². The smallest absolute Gasteiger partial charge is 0.315 e. The van der Waals surface area contributed by atoms with E-state index in [2.05, 4.69) is 15.6 Å². The van der Waals surface area contributed by atoms with Crippen molar-refractivity contribution in [1.29, 1.82) is 0 Å². The second-order valence-electron chi connectivity index (χ2n) is 4.98. The Hall–Kier alpha value is -1.92. The molecule has 0 aliphatic heterocycles. The molecule has 5 nitrogen and oxygen atoms in total. The first-order valence-electron chi connectivity index (χ1n) is 7.05. The molecule has 2 rings (SSSR count). The van der Waals surface area contributed by atoms with Crippen molar-refractivity contribution in [3.05, 3.63) is 23.9 Å². The molecule has 0 bridgehead atoms. The lowest BCUT2D eigenvalue weighted by Crippen LogP contribution is -2.37. The first-order chi connectivity index (χ1) is 10.1. The minimum atomic E-state index is -2.55. The molecule has 0 unspecified atom stereocenters. The molecule has 0 saturated heterocycles. The predicted molar refractivity (Wildman–Crippen MR) is 73.4 cm³/mol. The molecule has 2 amide bonds. The van der Waals surface area contributed by atoms with Crippen LogP contribution in [0.5, 0.6) is 5.88 Å². The lowest BCUT2D eigenvalue weighted by atomic mass is 10.2. The summed E-state index contributed by atoms with van der Waals surface area (Å²) >= 11 is 0. The topological polar surface area (TPSA) is 63.2 Å². The monoisotopic (exact) mass is 299 g/mol. The van der Waals surface area contributed by atoms with Gasteiger partial charge in [-0.1, -0.05) is 0 Å². The molecular weight excluding hydrogens is 280 g/mol. The summed E-state index contributed by atoms with van der Waals surface area (Å²) in [6.07, 6.45) is 3.71. The average molecular weight is 299 g/mol. The zero-order chi connectivity index (χ0) is 15.1. The number of hydrogen-bond donors (Lipinski definition) is 2. The van der Waals surface area contributed by atoms with Crippen molar-refractivity contribution in [3.8, 4) is 5.88 Å². The number of carbonyl (C=O) groups is 1. The Bertz CT molecular complexity index is 465. The van der Waals surface area contributed by atoms with Crippen LogP contribution in [0, 0.1) is 0 Å². The summed E-state index contributed by atoms with van der Waals surface area (Å²) in [4.78, 5) is 15.4. The Kier molecular flexibility index (Phi) is 5.71. The highest BCUT2D eigenvalue weighted by molar-refractivity contribution is 5.73. The highest BCUT2D eigenvalue weighted by Crippen LogP contribution is 2.23. The van der Waals surface area contributed by atoms with E-state index in [9.17, 15) is 13.6 Å². The molecule has 1 saturated carbocycles. The molecule has 1 aromatic heterocycles. The van der Waals surface area contributed by atoms with Crippen LogP contribution in [0.1, 0.15) is 31.2 Å². The van der Waals surface area contributed by atoms with Gasteiger partial charge in [-0.2, -0.15) is 0 Å². The minimum Gasteiger partial charge on any atom is -0.474 e. The molecule has 116 valence electrons. The third-order valence-electron chi connectivity index (χ3n) is 3.26. The molecular formula is C14H19F2N3O2. The fraction of sp³-hybridized carbons (Fsp3) is 0.571. The maximum absolute atomic E-state index is 11.9. The van der Waals surface area contributed by atoms with Gasteiger partial charge in [-0.25, -0.2) is 18.6 Å². The van der Waals surface area contributed by atoms with Crippen molar-refractivity contribution < 1.29 is 18.3 Å². The Morgan fingerprint density at radius 1 is 1.38 bits per heavy atom. The predicted octanol–water partition coefficient (Wildman–Crippen LogP) is 2.47. The molecule has 1 heterocycles. The van der Waals surface area contributed by atoms with E-state index in [0.29, 0.717) is 5.88 Å². The van der Waals surface area contributed by atoms with Gasteiger partial charge in [-0.05, 0) is 37.3 Å². The van der Waals surface area contributed by atoms with Crippen molar-refractivity contribution in [3.63, 3.8) is 0 Å². The largest absolute Gasteiger partial charge is 0.474 e. The van der Waals surface area contributed by atoms with Crippen molar-refractivity contribution in [1.82, 2.24) is 15.6 Å². The van der Waals surface area contributed by atoms with Crippen molar-refractivity contribution in [2.75, 3.05) is 6.54 Å². The van der Waals surface area contributed by atoms with E-state index in [4.69, 9.17) is 4.74 Å². The normalized spacial score (nSPS) is 15.2. The Morgan fingerprint density at radius 3 is 2.86 bits per heavy atom. The van der Waals surface area contributed by atoms with Gasteiger partial charge in [-0.3, -0.25) is 0 Å². The van der Waals surface area contributed by atoms with E-state index >= 15 is 0 Å². The van der Waals surface area contributed by atoms with Crippen molar-refractivity contribution in [2.24, 2.45) is 0 Å². The SMILES string of the molecule is O=C(NCc1ccnc(OC2CCCC2)c1)NCC(F)F. The third-order valence-corrected chi connectivity index (χ3v) is 3.26. The van der Waals surface area contributed by atoms with Gasteiger partial charge in [0.05, 0.1) is 6.54 Å². The van der Waals surface area contributed by atoms with Crippen LogP contribution in [0.15, 0.2) is 18.3 Å². The number of pyridine rings is 1. The van der Waals surface area contributed by atoms with E-state index < -0.39 is 19.0 Å². The number of aromatic nitrogens is 1. The fourth-order valence-electron chi connectivity index (χ4n) is 2.22. The van der Waals surface area contributed by atoms with Crippen LogP contribution in [0.25, 0.3) is 0 Å². The van der Waals surface area contributed by atoms with Crippen LogP contribution in [-0.2, 0) is 6.54 Å². The Balaban J connectivity index is 1.79. The second kappa shape index (κ2) is 7.75. The van der Waals surface area contributed by atoms with Crippen LogP contribution in [0.2, 0.25) is 0 Å². The zero-order valence-corrected chi connectivity index (χ0v) is 11.6. The summed E-state index contributed by atoms with van der Waals surface area (Å²) in [5.74, 6) is 0.536. The van der Waals surface area contributed by atoms with Gasteiger partial charge in [0, 0.05) is 18.8 Å². The maximum atomic E-state index is 11.9. The number of amides is 2. The quantitative estimate of drug-likeness (QED) is 0.848. The highest BCUT2D eigenvalue weighted by atomic mass is 19.3.